The van der Waals surface area contributed by atoms with E-state index in [9.17, 15) is 4.79 Å². The van der Waals surface area contributed by atoms with Crippen LogP contribution in [0, 0.1) is 0 Å². The van der Waals surface area contributed by atoms with Gasteiger partial charge in [0.25, 0.3) is 5.89 Å². The van der Waals surface area contributed by atoms with Crippen molar-refractivity contribution < 1.29 is 4.52 Å². The standard InChI is InChI=1S/C14H11N3O2.C2H6/c1-17-8-12(5-6-13(17)18)10-3-2-4-11(7-10)14-15-9-16-19-14;1-2/h2-9H,1H3;1-2H3. The van der Waals surface area contributed by atoms with Crippen LogP contribution in [0.1, 0.15) is 13.8 Å². The molecule has 1 aromatic carbocycles. The molecule has 0 amide bonds. The van der Waals surface area contributed by atoms with E-state index in [0.29, 0.717) is 5.89 Å². The number of hydrogen-bond acceptors (Lipinski definition) is 4. The number of pyridine rings is 1. The molecule has 0 unspecified atom stereocenters. The Kier molecular flexibility index (Phi) is 4.66. The van der Waals surface area contributed by atoms with Gasteiger partial charge in [-0.25, -0.2) is 0 Å². The molecule has 108 valence electrons. The monoisotopic (exact) mass is 283 g/mol. The van der Waals surface area contributed by atoms with E-state index in [1.807, 2.05) is 38.1 Å². The van der Waals surface area contributed by atoms with Gasteiger partial charge in [-0.05, 0) is 29.3 Å². The first kappa shape index (κ1) is 14.7. The minimum absolute atomic E-state index is 0.0307. The maximum Gasteiger partial charge on any atom is 0.257 e. The van der Waals surface area contributed by atoms with Crippen LogP contribution in [-0.4, -0.2) is 14.7 Å². The maximum atomic E-state index is 11.4. The summed E-state index contributed by atoms with van der Waals surface area (Å²) >= 11 is 0. The lowest BCUT2D eigenvalue weighted by Crippen LogP contribution is -2.13. The highest BCUT2D eigenvalue weighted by atomic mass is 16.5. The smallest absolute Gasteiger partial charge is 0.257 e. The Balaban J connectivity index is 0.000000774. The number of nitrogens with zero attached hydrogens (tertiary/aromatic N) is 3. The molecule has 0 radical (unpaired) electrons. The van der Waals surface area contributed by atoms with Gasteiger partial charge in [0.2, 0.25) is 5.56 Å². The van der Waals surface area contributed by atoms with Crippen LogP contribution >= 0.6 is 0 Å². The van der Waals surface area contributed by atoms with Crippen molar-refractivity contribution in [2.45, 2.75) is 13.8 Å². The predicted octanol–water partition coefficient (Wildman–Crippen LogP) is 3.13. The summed E-state index contributed by atoms with van der Waals surface area (Å²) in [4.78, 5) is 15.4. The molecule has 0 saturated heterocycles. The summed E-state index contributed by atoms with van der Waals surface area (Å²) in [5.74, 6) is 0.478. The molecule has 0 aliphatic rings. The van der Waals surface area contributed by atoms with Gasteiger partial charge in [-0.3, -0.25) is 4.79 Å². The van der Waals surface area contributed by atoms with Crippen LogP contribution in [0.2, 0.25) is 0 Å². The third-order valence-electron chi connectivity index (χ3n) is 2.89. The first-order valence-corrected chi connectivity index (χ1v) is 6.78. The van der Waals surface area contributed by atoms with Crippen LogP contribution in [0.3, 0.4) is 0 Å². The number of aryl methyl sites for hydroxylation is 1. The third kappa shape index (κ3) is 3.25. The molecule has 2 heterocycles. The fourth-order valence-electron chi connectivity index (χ4n) is 1.90. The molecule has 0 saturated carbocycles. The Labute approximate surface area is 122 Å². The molecule has 0 spiro atoms. The topological polar surface area (TPSA) is 60.9 Å². The number of hydrogen-bond donors (Lipinski definition) is 0. The number of aromatic nitrogens is 3. The van der Waals surface area contributed by atoms with E-state index >= 15 is 0 Å². The normalized spacial score (nSPS) is 9.86. The molecular formula is C16H17N3O2. The van der Waals surface area contributed by atoms with E-state index in [1.54, 1.807) is 29.9 Å². The van der Waals surface area contributed by atoms with Crippen molar-refractivity contribution in [3.8, 4) is 22.6 Å². The maximum absolute atomic E-state index is 11.4. The van der Waals surface area contributed by atoms with Gasteiger partial charge in [-0.1, -0.05) is 31.1 Å². The quantitative estimate of drug-likeness (QED) is 0.725. The van der Waals surface area contributed by atoms with Gasteiger partial charge in [0, 0.05) is 24.9 Å². The highest BCUT2D eigenvalue weighted by Gasteiger charge is 2.06. The van der Waals surface area contributed by atoms with Crippen molar-refractivity contribution in [3.05, 3.63) is 59.3 Å². The third-order valence-corrected chi connectivity index (χ3v) is 2.89. The van der Waals surface area contributed by atoms with E-state index in [4.69, 9.17) is 4.52 Å². The summed E-state index contributed by atoms with van der Waals surface area (Å²) in [5.41, 5.74) is 2.77. The highest BCUT2D eigenvalue weighted by Crippen LogP contribution is 2.24. The SMILES string of the molecule is CC.Cn1cc(-c2cccc(-c3ncno3)c2)ccc1=O. The van der Waals surface area contributed by atoms with E-state index in [1.165, 1.54) is 6.33 Å². The molecule has 3 aromatic rings. The molecule has 5 heteroatoms. The number of rotatable bonds is 2. The van der Waals surface area contributed by atoms with Crippen molar-refractivity contribution >= 4 is 0 Å². The molecule has 0 atom stereocenters. The summed E-state index contributed by atoms with van der Waals surface area (Å²) < 4.78 is 6.59. The molecule has 21 heavy (non-hydrogen) atoms. The first-order valence-electron chi connectivity index (χ1n) is 6.78. The Morgan fingerprint density at radius 1 is 1.05 bits per heavy atom. The molecule has 3 rings (SSSR count). The van der Waals surface area contributed by atoms with E-state index in [2.05, 4.69) is 10.1 Å². The molecule has 0 aliphatic carbocycles. The van der Waals surface area contributed by atoms with Crippen LogP contribution in [0.4, 0.5) is 0 Å². The fourth-order valence-corrected chi connectivity index (χ4v) is 1.90. The van der Waals surface area contributed by atoms with Crippen molar-refractivity contribution in [3.63, 3.8) is 0 Å². The molecule has 0 bridgehead atoms. The molecular weight excluding hydrogens is 266 g/mol. The van der Waals surface area contributed by atoms with Crippen molar-refractivity contribution in [2.75, 3.05) is 0 Å². The first-order chi connectivity index (χ1) is 10.2. The van der Waals surface area contributed by atoms with E-state index in [-0.39, 0.29) is 5.56 Å². The lowest BCUT2D eigenvalue weighted by molar-refractivity contribution is 0.430. The van der Waals surface area contributed by atoms with Crippen molar-refractivity contribution in [1.82, 2.24) is 14.7 Å². The van der Waals surface area contributed by atoms with Crippen LogP contribution in [0.15, 0.2) is 58.2 Å². The Morgan fingerprint density at radius 3 is 2.48 bits per heavy atom. The molecule has 5 nitrogen and oxygen atoms in total. The average molecular weight is 283 g/mol. The van der Waals surface area contributed by atoms with Crippen LogP contribution in [-0.2, 0) is 7.05 Å². The minimum atomic E-state index is -0.0307. The zero-order valence-electron chi connectivity index (χ0n) is 12.3. The largest absolute Gasteiger partial charge is 0.334 e. The lowest BCUT2D eigenvalue weighted by Gasteiger charge is -2.05. The summed E-state index contributed by atoms with van der Waals surface area (Å²) in [7, 11) is 1.73. The molecule has 0 aliphatic heterocycles. The van der Waals surface area contributed by atoms with Crippen LogP contribution < -0.4 is 5.56 Å². The van der Waals surface area contributed by atoms with Crippen molar-refractivity contribution in [1.29, 1.82) is 0 Å². The summed E-state index contributed by atoms with van der Waals surface area (Å²) in [6.45, 7) is 4.00. The lowest BCUT2D eigenvalue weighted by atomic mass is 10.0. The fraction of sp³-hybridized carbons (Fsp3) is 0.188. The zero-order valence-corrected chi connectivity index (χ0v) is 12.3. The van der Waals surface area contributed by atoms with Crippen LogP contribution in [0.25, 0.3) is 22.6 Å². The predicted molar refractivity (Wildman–Crippen MR) is 81.8 cm³/mol. The molecule has 0 fully saturated rings. The van der Waals surface area contributed by atoms with Crippen molar-refractivity contribution in [2.24, 2.45) is 7.05 Å². The summed E-state index contributed by atoms with van der Waals surface area (Å²) in [6, 6.07) is 11.1. The van der Waals surface area contributed by atoms with Gasteiger partial charge in [-0.2, -0.15) is 4.98 Å². The minimum Gasteiger partial charge on any atom is -0.334 e. The van der Waals surface area contributed by atoms with Gasteiger partial charge < -0.3 is 9.09 Å². The van der Waals surface area contributed by atoms with Crippen LogP contribution in [0.5, 0.6) is 0 Å². The van der Waals surface area contributed by atoms with E-state index < -0.39 is 0 Å². The van der Waals surface area contributed by atoms with Gasteiger partial charge >= 0.3 is 0 Å². The summed E-state index contributed by atoms with van der Waals surface area (Å²) in [6.07, 6.45) is 3.17. The Morgan fingerprint density at radius 2 is 1.81 bits per heavy atom. The van der Waals surface area contributed by atoms with Gasteiger partial charge in [0.1, 0.15) is 0 Å². The summed E-state index contributed by atoms with van der Waals surface area (Å²) in [5, 5.41) is 3.60. The van der Waals surface area contributed by atoms with Gasteiger partial charge in [-0.15, -0.1) is 0 Å². The Bertz CT molecular complexity index is 761. The number of benzene rings is 1. The Hall–Kier alpha value is -2.69. The van der Waals surface area contributed by atoms with E-state index in [0.717, 1.165) is 16.7 Å². The second kappa shape index (κ2) is 6.65. The van der Waals surface area contributed by atoms with Gasteiger partial charge in [0.05, 0.1) is 0 Å². The average Bonchev–Trinajstić information content (AvgIpc) is 3.07. The zero-order chi connectivity index (χ0) is 15.2. The molecule has 2 aromatic heterocycles. The van der Waals surface area contributed by atoms with Gasteiger partial charge in [0.15, 0.2) is 6.33 Å². The molecule has 0 N–H and O–H groups in total. The second-order valence-corrected chi connectivity index (χ2v) is 4.19. The second-order valence-electron chi connectivity index (χ2n) is 4.19. The highest BCUT2D eigenvalue weighted by molar-refractivity contribution is 5.68.